The maximum Gasteiger partial charge on any atom is 0.227 e. The highest BCUT2D eigenvalue weighted by Gasteiger charge is 2.20. The number of rotatable bonds is 2. The minimum absolute atomic E-state index is 0. The van der Waals surface area contributed by atoms with Gasteiger partial charge < -0.3 is 10.6 Å². The Morgan fingerprint density at radius 2 is 1.81 bits per heavy atom. The van der Waals surface area contributed by atoms with Crippen LogP contribution in [0.5, 0.6) is 0 Å². The van der Waals surface area contributed by atoms with Crippen molar-refractivity contribution < 1.29 is 4.79 Å². The van der Waals surface area contributed by atoms with E-state index in [0.29, 0.717) is 0 Å². The van der Waals surface area contributed by atoms with Crippen molar-refractivity contribution in [2.45, 2.75) is 12.8 Å². The minimum Gasteiger partial charge on any atom is -0.326 e. The van der Waals surface area contributed by atoms with Crippen LogP contribution in [0.3, 0.4) is 0 Å². The summed E-state index contributed by atoms with van der Waals surface area (Å²) >= 11 is 0. The van der Waals surface area contributed by atoms with E-state index < -0.39 is 0 Å². The molecule has 1 fully saturated rings. The first kappa shape index (κ1) is 13.0. The van der Waals surface area contributed by atoms with Crippen molar-refractivity contribution in [3.05, 3.63) is 30.3 Å². The number of nitrogens with one attached hydrogen (secondary N) is 2. The van der Waals surface area contributed by atoms with Gasteiger partial charge in [0.1, 0.15) is 0 Å². The number of piperidine rings is 1. The Morgan fingerprint density at radius 3 is 2.44 bits per heavy atom. The van der Waals surface area contributed by atoms with Gasteiger partial charge in [-0.05, 0) is 38.1 Å². The van der Waals surface area contributed by atoms with Gasteiger partial charge in [0.15, 0.2) is 0 Å². The molecule has 0 radical (unpaired) electrons. The molecular weight excluding hydrogens is 224 g/mol. The van der Waals surface area contributed by atoms with Crippen molar-refractivity contribution in [1.82, 2.24) is 5.32 Å². The zero-order chi connectivity index (χ0) is 10.5. The number of para-hydroxylation sites is 1. The fourth-order valence-electron chi connectivity index (χ4n) is 1.85. The number of hydrogen-bond acceptors (Lipinski definition) is 2. The van der Waals surface area contributed by atoms with E-state index in [1.54, 1.807) is 0 Å². The van der Waals surface area contributed by atoms with Gasteiger partial charge in [-0.15, -0.1) is 12.4 Å². The number of halogens is 1. The first-order valence-electron chi connectivity index (χ1n) is 5.43. The van der Waals surface area contributed by atoms with Crippen LogP contribution in [0.25, 0.3) is 0 Å². The van der Waals surface area contributed by atoms with Gasteiger partial charge >= 0.3 is 0 Å². The van der Waals surface area contributed by atoms with E-state index in [4.69, 9.17) is 0 Å². The Hall–Kier alpha value is -1.06. The molecule has 1 amide bonds. The number of hydrogen-bond donors (Lipinski definition) is 2. The normalized spacial score (nSPS) is 16.2. The van der Waals surface area contributed by atoms with E-state index in [1.165, 1.54) is 0 Å². The van der Waals surface area contributed by atoms with E-state index in [0.717, 1.165) is 31.6 Å². The van der Waals surface area contributed by atoms with E-state index in [9.17, 15) is 4.79 Å². The van der Waals surface area contributed by atoms with E-state index in [-0.39, 0.29) is 24.2 Å². The molecule has 2 rings (SSSR count). The lowest BCUT2D eigenvalue weighted by atomic mass is 9.97. The molecule has 1 aromatic carbocycles. The third-order valence-electron chi connectivity index (χ3n) is 2.75. The molecule has 1 aliphatic rings. The molecule has 1 heterocycles. The number of anilines is 1. The second-order valence-electron chi connectivity index (χ2n) is 3.88. The number of carbonyl (C=O) groups is 1. The molecular formula is C12H17ClN2O. The van der Waals surface area contributed by atoms with Crippen LogP contribution in [0.2, 0.25) is 0 Å². The Morgan fingerprint density at radius 1 is 1.19 bits per heavy atom. The summed E-state index contributed by atoms with van der Waals surface area (Å²) in [5.41, 5.74) is 0.890. The van der Waals surface area contributed by atoms with Crippen molar-refractivity contribution in [3.63, 3.8) is 0 Å². The third-order valence-corrected chi connectivity index (χ3v) is 2.75. The summed E-state index contributed by atoms with van der Waals surface area (Å²) in [5.74, 6) is 0.328. The second-order valence-corrected chi connectivity index (χ2v) is 3.88. The van der Waals surface area contributed by atoms with Gasteiger partial charge in [-0.2, -0.15) is 0 Å². The lowest BCUT2D eigenvalue weighted by Gasteiger charge is -2.21. The molecule has 1 aliphatic heterocycles. The molecule has 1 saturated heterocycles. The highest BCUT2D eigenvalue weighted by molar-refractivity contribution is 5.92. The Kier molecular flexibility index (Phi) is 5.29. The molecule has 3 nitrogen and oxygen atoms in total. The van der Waals surface area contributed by atoms with E-state index >= 15 is 0 Å². The summed E-state index contributed by atoms with van der Waals surface area (Å²) in [7, 11) is 0. The first-order valence-corrected chi connectivity index (χ1v) is 5.43. The van der Waals surface area contributed by atoms with Crippen LogP contribution in [0.1, 0.15) is 12.8 Å². The molecule has 0 atom stereocenters. The van der Waals surface area contributed by atoms with Crippen molar-refractivity contribution in [2.24, 2.45) is 5.92 Å². The molecule has 88 valence electrons. The lowest BCUT2D eigenvalue weighted by molar-refractivity contribution is -0.120. The predicted molar refractivity (Wildman–Crippen MR) is 67.9 cm³/mol. The summed E-state index contributed by atoms with van der Waals surface area (Å²) in [4.78, 5) is 11.8. The summed E-state index contributed by atoms with van der Waals surface area (Å²) in [5, 5.41) is 6.20. The maximum atomic E-state index is 11.8. The van der Waals surface area contributed by atoms with E-state index in [1.807, 2.05) is 30.3 Å². The SMILES string of the molecule is Cl.O=C(Nc1ccccc1)C1CCNCC1. The Labute approximate surface area is 102 Å². The van der Waals surface area contributed by atoms with Crippen molar-refractivity contribution >= 4 is 24.0 Å². The van der Waals surface area contributed by atoms with Gasteiger partial charge in [0, 0.05) is 11.6 Å². The number of carbonyl (C=O) groups excluding carboxylic acids is 1. The quantitative estimate of drug-likeness (QED) is 0.831. The van der Waals surface area contributed by atoms with Crippen LogP contribution >= 0.6 is 12.4 Å². The average Bonchev–Trinajstić information content (AvgIpc) is 2.31. The summed E-state index contributed by atoms with van der Waals surface area (Å²) < 4.78 is 0. The largest absolute Gasteiger partial charge is 0.326 e. The number of benzene rings is 1. The smallest absolute Gasteiger partial charge is 0.227 e. The van der Waals surface area contributed by atoms with Gasteiger partial charge in [0.25, 0.3) is 0 Å². The molecule has 1 aromatic rings. The molecule has 0 unspecified atom stereocenters. The molecule has 16 heavy (non-hydrogen) atoms. The lowest BCUT2D eigenvalue weighted by Crippen LogP contribution is -2.34. The van der Waals surface area contributed by atoms with Crippen LogP contribution in [0.15, 0.2) is 30.3 Å². The van der Waals surface area contributed by atoms with Gasteiger partial charge in [-0.3, -0.25) is 4.79 Å². The molecule has 0 bridgehead atoms. The molecule has 0 spiro atoms. The van der Waals surface area contributed by atoms with Crippen LogP contribution in [0.4, 0.5) is 5.69 Å². The van der Waals surface area contributed by atoms with Crippen LogP contribution in [0, 0.1) is 5.92 Å². The Bertz CT molecular complexity index is 323. The number of amides is 1. The highest BCUT2D eigenvalue weighted by Crippen LogP contribution is 2.15. The topological polar surface area (TPSA) is 41.1 Å². The van der Waals surface area contributed by atoms with E-state index in [2.05, 4.69) is 10.6 Å². The summed E-state index contributed by atoms with van der Waals surface area (Å²) in [6.07, 6.45) is 1.89. The Balaban J connectivity index is 0.00000128. The molecule has 0 saturated carbocycles. The fraction of sp³-hybridized carbons (Fsp3) is 0.417. The van der Waals surface area contributed by atoms with Crippen molar-refractivity contribution in [2.75, 3.05) is 18.4 Å². The monoisotopic (exact) mass is 240 g/mol. The van der Waals surface area contributed by atoms with Crippen LogP contribution < -0.4 is 10.6 Å². The highest BCUT2D eigenvalue weighted by atomic mass is 35.5. The predicted octanol–water partition coefficient (Wildman–Crippen LogP) is 2.05. The van der Waals surface area contributed by atoms with Crippen LogP contribution in [-0.2, 0) is 4.79 Å². The molecule has 2 N–H and O–H groups in total. The van der Waals surface area contributed by atoms with Gasteiger partial charge in [0.05, 0.1) is 0 Å². The van der Waals surface area contributed by atoms with Gasteiger partial charge in [0.2, 0.25) is 5.91 Å². The fourth-order valence-corrected chi connectivity index (χ4v) is 1.85. The first-order chi connectivity index (χ1) is 7.36. The van der Waals surface area contributed by atoms with Gasteiger partial charge in [-0.1, -0.05) is 18.2 Å². The van der Waals surface area contributed by atoms with Crippen LogP contribution in [-0.4, -0.2) is 19.0 Å². The standard InChI is InChI=1S/C12H16N2O.ClH/c15-12(10-6-8-13-9-7-10)14-11-4-2-1-3-5-11;/h1-5,10,13H,6-9H2,(H,14,15);1H. The zero-order valence-corrected chi connectivity index (χ0v) is 9.93. The summed E-state index contributed by atoms with van der Waals surface area (Å²) in [6, 6.07) is 9.63. The third kappa shape index (κ3) is 3.51. The second kappa shape index (κ2) is 6.51. The zero-order valence-electron chi connectivity index (χ0n) is 9.11. The van der Waals surface area contributed by atoms with Gasteiger partial charge in [-0.25, -0.2) is 0 Å². The van der Waals surface area contributed by atoms with Crippen molar-refractivity contribution in [3.8, 4) is 0 Å². The van der Waals surface area contributed by atoms with Crippen molar-refractivity contribution in [1.29, 1.82) is 0 Å². The summed E-state index contributed by atoms with van der Waals surface area (Å²) in [6.45, 7) is 1.90. The maximum absolute atomic E-state index is 11.8. The minimum atomic E-state index is 0. The molecule has 0 aromatic heterocycles. The molecule has 0 aliphatic carbocycles. The average molecular weight is 241 g/mol. The molecule has 4 heteroatoms.